The molecule has 0 aliphatic carbocycles. The fraction of sp³-hybridized carbons (Fsp3) is 0. The number of aromatic nitrogens is 3. The second kappa shape index (κ2) is 3.04. The second-order valence-corrected chi connectivity index (χ2v) is 4.16. The quantitative estimate of drug-likeness (QED) is 0.486. The Hall–Kier alpha value is -2.42. The van der Waals surface area contributed by atoms with E-state index in [4.69, 9.17) is 0 Å². The van der Waals surface area contributed by atoms with Crippen molar-refractivity contribution < 1.29 is 4.98 Å². The zero-order valence-electron chi connectivity index (χ0n) is 9.07. The number of H-pyrrole nitrogens is 2. The molecule has 0 spiro atoms. The number of nitrogens with one attached hydrogen (secondary N) is 2. The summed E-state index contributed by atoms with van der Waals surface area (Å²) in [5, 5.41) is 1.22. The normalized spacial score (nSPS) is 11.5. The van der Waals surface area contributed by atoms with Crippen LogP contribution in [-0.4, -0.2) is 9.97 Å². The van der Waals surface area contributed by atoms with Gasteiger partial charge >= 0.3 is 0 Å². The van der Waals surface area contributed by atoms with Crippen LogP contribution in [0.5, 0.6) is 0 Å². The van der Waals surface area contributed by atoms with Crippen LogP contribution in [0.25, 0.3) is 33.0 Å². The van der Waals surface area contributed by atoms with E-state index in [1.807, 2.05) is 24.4 Å². The summed E-state index contributed by atoms with van der Waals surface area (Å²) in [6.45, 7) is 0. The molecule has 3 aromatic heterocycles. The van der Waals surface area contributed by atoms with Crippen LogP contribution in [0.15, 0.2) is 48.7 Å². The predicted molar refractivity (Wildman–Crippen MR) is 67.7 cm³/mol. The molecular formula is C14H10N3+. The van der Waals surface area contributed by atoms with Crippen molar-refractivity contribution in [2.45, 2.75) is 0 Å². The van der Waals surface area contributed by atoms with E-state index in [0.717, 1.165) is 27.6 Å². The van der Waals surface area contributed by atoms with Crippen molar-refractivity contribution in [3.8, 4) is 0 Å². The van der Waals surface area contributed by atoms with Crippen molar-refractivity contribution in [3.05, 3.63) is 48.7 Å². The van der Waals surface area contributed by atoms with Gasteiger partial charge in [0.2, 0.25) is 11.0 Å². The molecule has 0 saturated heterocycles. The highest BCUT2D eigenvalue weighted by atomic mass is 14.8. The van der Waals surface area contributed by atoms with Crippen LogP contribution in [-0.2, 0) is 0 Å². The summed E-state index contributed by atoms with van der Waals surface area (Å²) >= 11 is 0. The van der Waals surface area contributed by atoms with E-state index < -0.39 is 0 Å². The maximum atomic E-state index is 4.35. The smallest absolute Gasteiger partial charge is 0.237 e. The summed E-state index contributed by atoms with van der Waals surface area (Å²) < 4.78 is 0. The first-order valence-corrected chi connectivity index (χ1v) is 5.59. The lowest BCUT2D eigenvalue weighted by Gasteiger charge is -1.90. The Morgan fingerprint density at radius 1 is 1.00 bits per heavy atom. The summed E-state index contributed by atoms with van der Waals surface area (Å²) in [6.07, 6.45) is 1.81. The summed E-state index contributed by atoms with van der Waals surface area (Å²) in [6, 6.07) is 14.4. The SMILES string of the molecule is c1ccc2c(c1)[nH]c1cc3ncccc3[nH+]c12. The molecule has 3 heteroatoms. The van der Waals surface area contributed by atoms with Crippen LogP contribution in [0.1, 0.15) is 0 Å². The summed E-state index contributed by atoms with van der Waals surface area (Å²) in [7, 11) is 0. The molecule has 0 fully saturated rings. The number of hydrogen-bond donors (Lipinski definition) is 1. The third kappa shape index (κ3) is 1.16. The molecule has 0 radical (unpaired) electrons. The number of nitrogens with zero attached hydrogens (tertiary/aromatic N) is 1. The molecule has 0 aliphatic heterocycles. The van der Waals surface area contributed by atoms with Crippen molar-refractivity contribution in [2.24, 2.45) is 0 Å². The van der Waals surface area contributed by atoms with Gasteiger partial charge in [-0.3, -0.25) is 0 Å². The Balaban J connectivity index is 2.28. The zero-order chi connectivity index (χ0) is 11.2. The molecule has 0 unspecified atom stereocenters. The highest BCUT2D eigenvalue weighted by Gasteiger charge is 2.12. The van der Waals surface area contributed by atoms with Crippen molar-refractivity contribution in [1.82, 2.24) is 9.97 Å². The van der Waals surface area contributed by atoms with Gasteiger partial charge in [-0.2, -0.15) is 0 Å². The largest absolute Gasteiger partial charge is 0.349 e. The first-order chi connectivity index (χ1) is 8.42. The minimum atomic E-state index is 0.978. The Labute approximate surface area is 97.1 Å². The average molecular weight is 220 g/mol. The average Bonchev–Trinajstić information content (AvgIpc) is 2.73. The van der Waals surface area contributed by atoms with E-state index in [0.29, 0.717) is 0 Å². The summed E-state index contributed by atoms with van der Waals surface area (Å²) in [5.41, 5.74) is 5.42. The Morgan fingerprint density at radius 2 is 1.94 bits per heavy atom. The number of pyridine rings is 2. The zero-order valence-corrected chi connectivity index (χ0v) is 9.07. The van der Waals surface area contributed by atoms with Gasteiger partial charge < -0.3 is 4.98 Å². The molecule has 0 bridgehead atoms. The second-order valence-electron chi connectivity index (χ2n) is 4.16. The Morgan fingerprint density at radius 3 is 2.94 bits per heavy atom. The van der Waals surface area contributed by atoms with Crippen molar-refractivity contribution in [2.75, 3.05) is 0 Å². The molecule has 4 rings (SSSR count). The first kappa shape index (κ1) is 8.70. The van der Waals surface area contributed by atoms with Crippen LogP contribution in [0, 0.1) is 0 Å². The fourth-order valence-electron chi connectivity index (χ4n) is 2.32. The molecule has 17 heavy (non-hydrogen) atoms. The van der Waals surface area contributed by atoms with E-state index in [2.05, 4.69) is 39.2 Å². The maximum absolute atomic E-state index is 4.35. The van der Waals surface area contributed by atoms with Gasteiger partial charge in [-0.15, -0.1) is 0 Å². The highest BCUT2D eigenvalue weighted by Crippen LogP contribution is 2.23. The molecule has 2 N–H and O–H groups in total. The molecular weight excluding hydrogens is 210 g/mol. The van der Waals surface area contributed by atoms with E-state index in [9.17, 15) is 0 Å². The van der Waals surface area contributed by atoms with E-state index >= 15 is 0 Å². The van der Waals surface area contributed by atoms with Gasteiger partial charge in [0.15, 0.2) is 0 Å². The van der Waals surface area contributed by atoms with Gasteiger partial charge in [0.1, 0.15) is 11.0 Å². The van der Waals surface area contributed by atoms with Crippen molar-refractivity contribution >= 4 is 33.0 Å². The van der Waals surface area contributed by atoms with E-state index in [-0.39, 0.29) is 0 Å². The van der Waals surface area contributed by atoms with Crippen molar-refractivity contribution in [1.29, 1.82) is 0 Å². The van der Waals surface area contributed by atoms with E-state index in [1.54, 1.807) is 0 Å². The first-order valence-electron chi connectivity index (χ1n) is 5.59. The topological polar surface area (TPSA) is 42.8 Å². The van der Waals surface area contributed by atoms with Gasteiger partial charge in [-0.1, -0.05) is 12.1 Å². The van der Waals surface area contributed by atoms with Crippen LogP contribution in [0.4, 0.5) is 0 Å². The molecule has 4 aromatic rings. The third-order valence-corrected chi connectivity index (χ3v) is 3.11. The third-order valence-electron chi connectivity index (χ3n) is 3.11. The summed E-state index contributed by atoms with van der Waals surface area (Å²) in [5.74, 6) is 0. The maximum Gasteiger partial charge on any atom is 0.237 e. The lowest BCUT2D eigenvalue weighted by atomic mass is 10.2. The molecule has 3 heterocycles. The molecule has 0 amide bonds. The number of hydrogen-bond acceptors (Lipinski definition) is 1. The molecule has 3 nitrogen and oxygen atoms in total. The Kier molecular flexibility index (Phi) is 1.56. The van der Waals surface area contributed by atoms with Gasteiger partial charge in [0, 0.05) is 18.3 Å². The van der Waals surface area contributed by atoms with Gasteiger partial charge in [0.05, 0.1) is 10.9 Å². The van der Waals surface area contributed by atoms with Gasteiger partial charge in [0.25, 0.3) is 0 Å². The molecule has 80 valence electrons. The monoisotopic (exact) mass is 220 g/mol. The lowest BCUT2D eigenvalue weighted by molar-refractivity contribution is -0.309. The standard InChI is InChI=1S/C14H9N3/c1-2-5-10-9(4-1)14-13(16-10)8-12-11(17-14)6-3-7-15-12/h1-8,16H/p+1. The number of para-hydroxylation sites is 1. The van der Waals surface area contributed by atoms with Crippen molar-refractivity contribution in [3.63, 3.8) is 0 Å². The summed E-state index contributed by atoms with van der Waals surface area (Å²) in [4.78, 5) is 11.2. The molecule has 0 saturated carbocycles. The molecule has 1 aromatic carbocycles. The number of benzene rings is 1. The van der Waals surface area contributed by atoms with Crippen LogP contribution in [0.3, 0.4) is 0 Å². The fourth-order valence-corrected chi connectivity index (χ4v) is 2.32. The van der Waals surface area contributed by atoms with Crippen LogP contribution >= 0.6 is 0 Å². The number of fused-ring (bicyclic) bond motifs is 4. The lowest BCUT2D eigenvalue weighted by Crippen LogP contribution is -2.04. The molecule has 0 atom stereocenters. The number of rotatable bonds is 0. The number of aromatic amines is 2. The molecule has 0 aliphatic rings. The predicted octanol–water partition coefficient (Wildman–Crippen LogP) is 2.68. The highest BCUT2D eigenvalue weighted by molar-refractivity contribution is 6.04. The van der Waals surface area contributed by atoms with Crippen LogP contribution < -0.4 is 4.98 Å². The van der Waals surface area contributed by atoms with Crippen LogP contribution in [0.2, 0.25) is 0 Å². The minimum Gasteiger partial charge on any atom is -0.349 e. The van der Waals surface area contributed by atoms with E-state index in [1.165, 1.54) is 5.39 Å². The minimum absolute atomic E-state index is 0.978. The van der Waals surface area contributed by atoms with Gasteiger partial charge in [-0.25, -0.2) is 9.97 Å². The van der Waals surface area contributed by atoms with Gasteiger partial charge in [-0.05, 0) is 18.2 Å². The Bertz CT molecular complexity index is 840.